The summed E-state index contributed by atoms with van der Waals surface area (Å²) >= 11 is 0. The number of methoxy groups -OCH3 is 1. The quantitative estimate of drug-likeness (QED) is 0.582. The van der Waals surface area contributed by atoms with Crippen LogP contribution < -0.4 is 5.32 Å². The van der Waals surface area contributed by atoms with Crippen LogP contribution in [0.2, 0.25) is 0 Å². The monoisotopic (exact) mass is 310 g/mol. The summed E-state index contributed by atoms with van der Waals surface area (Å²) in [5.74, 6) is -1.68. The number of carboxylic acid groups (broad SMARTS) is 1. The number of carbonyl (C=O) groups is 2. The first-order valence-electron chi connectivity index (χ1n) is 6.46. The zero-order valence-electron chi connectivity index (χ0n) is 12.6. The smallest absolute Gasteiger partial charge is 0.305 e. The molecule has 0 spiro atoms. The molecule has 0 radical (unpaired) electrons. The highest BCUT2D eigenvalue weighted by molar-refractivity contribution is 5.95. The van der Waals surface area contributed by atoms with Crippen molar-refractivity contribution in [2.75, 3.05) is 13.7 Å². The van der Waals surface area contributed by atoms with Crippen molar-refractivity contribution >= 4 is 17.6 Å². The summed E-state index contributed by atoms with van der Waals surface area (Å²) in [6, 6.07) is 4.00. The number of amides is 1. The Hall–Kier alpha value is -2.48. The summed E-state index contributed by atoms with van der Waals surface area (Å²) in [6.07, 6.45) is -0.333. The minimum Gasteiger partial charge on any atom is -0.481 e. The number of nitrogens with one attached hydrogen (secondary N) is 1. The maximum absolute atomic E-state index is 12.3. The van der Waals surface area contributed by atoms with Crippen molar-refractivity contribution in [1.82, 2.24) is 5.32 Å². The maximum Gasteiger partial charge on any atom is 0.305 e. The fourth-order valence-corrected chi connectivity index (χ4v) is 2.13. The van der Waals surface area contributed by atoms with E-state index in [9.17, 15) is 19.7 Å². The van der Waals surface area contributed by atoms with Crippen molar-refractivity contribution in [2.24, 2.45) is 0 Å². The van der Waals surface area contributed by atoms with Crippen LogP contribution in [-0.4, -0.2) is 41.2 Å². The molecule has 0 aromatic heterocycles. The molecule has 0 aliphatic rings. The molecule has 0 saturated heterocycles. The first kappa shape index (κ1) is 17.6. The van der Waals surface area contributed by atoms with Gasteiger partial charge >= 0.3 is 5.97 Å². The van der Waals surface area contributed by atoms with Crippen LogP contribution in [0.15, 0.2) is 18.2 Å². The van der Waals surface area contributed by atoms with Gasteiger partial charge in [0.25, 0.3) is 11.6 Å². The van der Waals surface area contributed by atoms with Gasteiger partial charge in [0.05, 0.1) is 23.5 Å². The average Bonchev–Trinajstić information content (AvgIpc) is 2.36. The molecule has 2 N–H and O–H groups in total. The molecule has 0 aliphatic heterocycles. The number of nitro benzene ring substituents is 1. The average molecular weight is 310 g/mol. The summed E-state index contributed by atoms with van der Waals surface area (Å²) in [5, 5.41) is 22.3. The molecule has 1 amide bonds. The number of nitro groups is 1. The largest absolute Gasteiger partial charge is 0.481 e. The molecular weight excluding hydrogens is 292 g/mol. The zero-order valence-corrected chi connectivity index (χ0v) is 12.6. The molecule has 8 heteroatoms. The van der Waals surface area contributed by atoms with Crippen LogP contribution in [-0.2, 0) is 9.53 Å². The molecular formula is C14H18N2O6. The number of aliphatic carboxylic acids is 1. The van der Waals surface area contributed by atoms with E-state index in [0.29, 0.717) is 5.56 Å². The minimum absolute atomic E-state index is 0.00104. The zero-order chi connectivity index (χ0) is 16.9. The first-order chi connectivity index (χ1) is 10.2. The van der Waals surface area contributed by atoms with Gasteiger partial charge in [-0.05, 0) is 25.5 Å². The van der Waals surface area contributed by atoms with Gasteiger partial charge < -0.3 is 15.2 Å². The Kier molecular flexibility index (Phi) is 5.58. The second-order valence-electron chi connectivity index (χ2n) is 5.33. The summed E-state index contributed by atoms with van der Waals surface area (Å²) in [5.41, 5.74) is -0.654. The molecule has 0 bridgehead atoms. The van der Waals surface area contributed by atoms with E-state index in [1.54, 1.807) is 6.92 Å². The second kappa shape index (κ2) is 6.99. The highest BCUT2D eigenvalue weighted by Crippen LogP contribution is 2.18. The van der Waals surface area contributed by atoms with Crippen LogP contribution in [0.3, 0.4) is 0 Å². The molecule has 120 valence electrons. The number of aryl methyl sites for hydroxylation is 1. The topological polar surface area (TPSA) is 119 Å². The molecule has 1 rings (SSSR count). The molecule has 1 aromatic rings. The predicted molar refractivity (Wildman–Crippen MR) is 77.8 cm³/mol. The van der Waals surface area contributed by atoms with Crippen LogP contribution in [0.1, 0.15) is 29.3 Å². The third-order valence-corrected chi connectivity index (χ3v) is 2.95. The number of rotatable bonds is 7. The van der Waals surface area contributed by atoms with Crippen molar-refractivity contribution in [3.8, 4) is 0 Å². The highest BCUT2D eigenvalue weighted by atomic mass is 16.6. The lowest BCUT2D eigenvalue weighted by Crippen LogP contribution is -2.50. The van der Waals surface area contributed by atoms with Gasteiger partial charge in [0, 0.05) is 24.8 Å². The van der Waals surface area contributed by atoms with Gasteiger partial charge in [-0.15, -0.1) is 0 Å². The van der Waals surface area contributed by atoms with Gasteiger partial charge in [0.2, 0.25) is 0 Å². The molecule has 22 heavy (non-hydrogen) atoms. The van der Waals surface area contributed by atoms with Crippen molar-refractivity contribution < 1.29 is 24.4 Å². The van der Waals surface area contributed by atoms with Crippen molar-refractivity contribution in [3.63, 3.8) is 0 Å². The van der Waals surface area contributed by atoms with Gasteiger partial charge in [-0.1, -0.05) is 0 Å². The Morgan fingerprint density at radius 1 is 1.41 bits per heavy atom. The molecule has 0 aliphatic carbocycles. The third-order valence-electron chi connectivity index (χ3n) is 2.95. The lowest BCUT2D eigenvalue weighted by atomic mass is 9.98. The lowest BCUT2D eigenvalue weighted by molar-refractivity contribution is -0.384. The predicted octanol–water partition coefficient (Wildman–Crippen LogP) is 1.51. The van der Waals surface area contributed by atoms with Crippen LogP contribution in [0.25, 0.3) is 0 Å². The Labute approximate surface area is 127 Å². The summed E-state index contributed by atoms with van der Waals surface area (Å²) in [7, 11) is 1.39. The fraction of sp³-hybridized carbons (Fsp3) is 0.429. The van der Waals surface area contributed by atoms with Gasteiger partial charge in [-0.3, -0.25) is 19.7 Å². The molecule has 1 aromatic carbocycles. The van der Waals surface area contributed by atoms with E-state index in [1.807, 2.05) is 0 Å². The number of ether oxygens (including phenoxy) is 1. The number of carboxylic acids is 1. The second-order valence-corrected chi connectivity index (χ2v) is 5.33. The molecule has 0 saturated carbocycles. The van der Waals surface area contributed by atoms with E-state index in [-0.39, 0.29) is 24.3 Å². The Morgan fingerprint density at radius 2 is 2.05 bits per heavy atom. The minimum atomic E-state index is -1.11. The number of non-ortho nitro benzene ring substituents is 1. The highest BCUT2D eigenvalue weighted by Gasteiger charge is 2.30. The maximum atomic E-state index is 12.3. The summed E-state index contributed by atoms with van der Waals surface area (Å²) in [4.78, 5) is 33.4. The van der Waals surface area contributed by atoms with Crippen molar-refractivity contribution in [3.05, 3.63) is 39.4 Å². The van der Waals surface area contributed by atoms with Gasteiger partial charge in [-0.2, -0.15) is 0 Å². The number of hydrogen-bond donors (Lipinski definition) is 2. The fourth-order valence-electron chi connectivity index (χ4n) is 2.13. The third kappa shape index (κ3) is 4.81. The van der Waals surface area contributed by atoms with Crippen LogP contribution in [0.4, 0.5) is 5.69 Å². The Balaban J connectivity index is 3.04. The van der Waals surface area contributed by atoms with E-state index in [4.69, 9.17) is 9.84 Å². The molecule has 8 nitrogen and oxygen atoms in total. The lowest BCUT2D eigenvalue weighted by Gasteiger charge is -2.28. The molecule has 1 atom stereocenters. The standard InChI is InChI=1S/C14H18N2O6/c1-9-4-10(6-11(5-9)16(20)21)13(19)15-14(2,8-22-3)7-12(17)18/h4-6H,7-8H2,1-3H3,(H,15,19)(H,17,18). The summed E-state index contributed by atoms with van der Waals surface area (Å²) < 4.78 is 4.94. The normalized spacial score (nSPS) is 13.2. The summed E-state index contributed by atoms with van der Waals surface area (Å²) in [6.45, 7) is 3.17. The van der Waals surface area contributed by atoms with Crippen LogP contribution in [0.5, 0.6) is 0 Å². The van der Waals surface area contributed by atoms with Gasteiger partial charge in [0.15, 0.2) is 0 Å². The Morgan fingerprint density at radius 3 is 2.55 bits per heavy atom. The molecule has 0 fully saturated rings. The van der Waals surface area contributed by atoms with E-state index in [0.717, 1.165) is 6.07 Å². The molecule has 0 heterocycles. The van der Waals surface area contributed by atoms with E-state index >= 15 is 0 Å². The van der Waals surface area contributed by atoms with E-state index in [2.05, 4.69) is 5.32 Å². The van der Waals surface area contributed by atoms with Crippen LogP contribution in [0, 0.1) is 17.0 Å². The van der Waals surface area contributed by atoms with Crippen molar-refractivity contribution in [2.45, 2.75) is 25.8 Å². The van der Waals surface area contributed by atoms with Crippen molar-refractivity contribution in [1.29, 1.82) is 0 Å². The molecule has 1 unspecified atom stereocenters. The Bertz CT molecular complexity index is 601. The number of hydrogen-bond acceptors (Lipinski definition) is 5. The number of carbonyl (C=O) groups excluding carboxylic acids is 1. The van der Waals surface area contributed by atoms with Gasteiger partial charge in [-0.25, -0.2) is 0 Å². The van der Waals surface area contributed by atoms with E-state index in [1.165, 1.54) is 26.2 Å². The van der Waals surface area contributed by atoms with E-state index < -0.39 is 22.3 Å². The van der Waals surface area contributed by atoms with Crippen LogP contribution >= 0.6 is 0 Å². The first-order valence-corrected chi connectivity index (χ1v) is 6.46. The number of nitrogens with zero attached hydrogens (tertiary/aromatic N) is 1. The van der Waals surface area contributed by atoms with Gasteiger partial charge in [0.1, 0.15) is 0 Å². The SMILES string of the molecule is COCC(C)(CC(=O)O)NC(=O)c1cc(C)cc([N+](=O)[O-])c1. The number of benzene rings is 1.